The number of anilines is 1. The fraction of sp³-hybridized carbons (Fsp3) is 0.300. The van der Waals surface area contributed by atoms with Crippen LogP contribution in [0.5, 0.6) is 0 Å². The fourth-order valence-corrected chi connectivity index (χ4v) is 3.12. The molecule has 0 aliphatic carbocycles. The lowest BCUT2D eigenvalue weighted by Gasteiger charge is -2.34. The van der Waals surface area contributed by atoms with Crippen molar-refractivity contribution in [3.63, 3.8) is 0 Å². The van der Waals surface area contributed by atoms with Gasteiger partial charge in [0, 0.05) is 43.3 Å². The average molecular weight is 390 g/mol. The zero-order chi connectivity index (χ0) is 19.2. The Morgan fingerprint density at radius 3 is 2.26 bits per heavy atom. The van der Waals surface area contributed by atoms with E-state index in [1.807, 2.05) is 0 Å². The number of nitrogens with one attached hydrogen (secondary N) is 1. The van der Waals surface area contributed by atoms with Gasteiger partial charge in [0.1, 0.15) is 5.82 Å². The fourth-order valence-electron chi connectivity index (χ4n) is 3.00. The van der Waals surface area contributed by atoms with E-state index in [2.05, 4.69) is 5.32 Å². The van der Waals surface area contributed by atoms with E-state index < -0.39 is 0 Å². The predicted molar refractivity (Wildman–Crippen MR) is 103 cm³/mol. The van der Waals surface area contributed by atoms with Gasteiger partial charge in [-0.3, -0.25) is 4.79 Å². The molecule has 3 amide bonds. The van der Waals surface area contributed by atoms with Crippen LogP contribution in [0.4, 0.5) is 14.9 Å². The third kappa shape index (κ3) is 5.20. The van der Waals surface area contributed by atoms with Crippen LogP contribution in [0.3, 0.4) is 0 Å². The standard InChI is InChI=1S/C20H21ClFN3O2/c21-16-6-8-17(9-7-16)23-20(27)25-13-11-24(12-14-25)19(26)10-5-15-3-1-2-4-18(15)22/h1-4,6-9H,5,10-14H2,(H,23,27). The summed E-state index contributed by atoms with van der Waals surface area (Å²) in [6.45, 7) is 1.88. The van der Waals surface area contributed by atoms with E-state index in [1.54, 1.807) is 52.3 Å². The SMILES string of the molecule is O=C(CCc1ccccc1F)N1CCN(C(=O)Nc2ccc(Cl)cc2)CC1. The summed E-state index contributed by atoms with van der Waals surface area (Å²) < 4.78 is 13.6. The first-order valence-electron chi connectivity index (χ1n) is 8.85. The molecule has 0 bridgehead atoms. The zero-order valence-corrected chi connectivity index (χ0v) is 15.6. The molecule has 0 unspecified atom stereocenters. The monoisotopic (exact) mass is 389 g/mol. The van der Waals surface area contributed by atoms with Gasteiger partial charge in [-0.15, -0.1) is 0 Å². The van der Waals surface area contributed by atoms with Gasteiger partial charge in [0.25, 0.3) is 0 Å². The van der Waals surface area contributed by atoms with Gasteiger partial charge in [-0.25, -0.2) is 9.18 Å². The molecule has 1 N–H and O–H groups in total. The summed E-state index contributed by atoms with van der Waals surface area (Å²) in [5.41, 5.74) is 1.22. The number of benzene rings is 2. The number of amides is 3. The first kappa shape index (κ1) is 19.2. The van der Waals surface area contributed by atoms with Crippen LogP contribution in [0.2, 0.25) is 5.02 Å². The number of urea groups is 1. The molecule has 2 aromatic rings. The van der Waals surface area contributed by atoms with Crippen molar-refractivity contribution in [1.82, 2.24) is 9.80 Å². The molecule has 7 heteroatoms. The maximum absolute atomic E-state index is 13.6. The highest BCUT2D eigenvalue weighted by atomic mass is 35.5. The highest BCUT2D eigenvalue weighted by molar-refractivity contribution is 6.30. The topological polar surface area (TPSA) is 52.7 Å². The minimum Gasteiger partial charge on any atom is -0.339 e. The number of hydrogen-bond donors (Lipinski definition) is 1. The molecule has 0 radical (unpaired) electrons. The quantitative estimate of drug-likeness (QED) is 0.865. The van der Waals surface area contributed by atoms with Crippen LogP contribution < -0.4 is 5.32 Å². The van der Waals surface area contributed by atoms with Gasteiger partial charge in [0.05, 0.1) is 0 Å². The molecule has 3 rings (SSSR count). The summed E-state index contributed by atoms with van der Waals surface area (Å²) in [6.07, 6.45) is 0.640. The minimum absolute atomic E-state index is 0.0176. The molecule has 0 aromatic heterocycles. The molecule has 2 aromatic carbocycles. The normalized spacial score (nSPS) is 14.1. The van der Waals surface area contributed by atoms with Crippen LogP contribution in [0.25, 0.3) is 0 Å². The van der Waals surface area contributed by atoms with E-state index in [9.17, 15) is 14.0 Å². The third-order valence-electron chi connectivity index (χ3n) is 4.58. The van der Waals surface area contributed by atoms with Crippen LogP contribution in [0, 0.1) is 5.82 Å². The second kappa shape index (κ2) is 8.86. The number of aryl methyl sites for hydroxylation is 1. The highest BCUT2D eigenvalue weighted by Crippen LogP contribution is 2.15. The van der Waals surface area contributed by atoms with Crippen LogP contribution >= 0.6 is 11.6 Å². The minimum atomic E-state index is -0.283. The Kier molecular flexibility index (Phi) is 6.29. The Morgan fingerprint density at radius 2 is 1.59 bits per heavy atom. The Labute approximate surface area is 162 Å². The number of hydrogen-bond acceptors (Lipinski definition) is 2. The van der Waals surface area contributed by atoms with E-state index in [0.717, 1.165) is 0 Å². The molecule has 0 saturated carbocycles. The summed E-state index contributed by atoms with van der Waals surface area (Å²) in [6, 6.07) is 13.2. The van der Waals surface area contributed by atoms with Crippen molar-refractivity contribution in [1.29, 1.82) is 0 Å². The molecule has 0 atom stereocenters. The van der Waals surface area contributed by atoms with Crippen LogP contribution in [0.1, 0.15) is 12.0 Å². The first-order chi connectivity index (χ1) is 13.0. The Hall–Kier alpha value is -2.60. The van der Waals surface area contributed by atoms with Gasteiger partial charge in [0.2, 0.25) is 5.91 Å². The molecule has 27 heavy (non-hydrogen) atoms. The van der Waals surface area contributed by atoms with Crippen LogP contribution in [0.15, 0.2) is 48.5 Å². The first-order valence-corrected chi connectivity index (χ1v) is 9.23. The lowest BCUT2D eigenvalue weighted by molar-refractivity contribution is -0.132. The maximum Gasteiger partial charge on any atom is 0.321 e. The molecule has 1 aliphatic rings. The van der Waals surface area contributed by atoms with E-state index in [4.69, 9.17) is 11.6 Å². The summed E-state index contributed by atoms with van der Waals surface area (Å²) >= 11 is 5.83. The molecule has 5 nitrogen and oxygen atoms in total. The summed E-state index contributed by atoms with van der Waals surface area (Å²) in [7, 11) is 0. The van der Waals surface area contributed by atoms with E-state index in [-0.39, 0.29) is 24.2 Å². The predicted octanol–water partition coefficient (Wildman–Crippen LogP) is 3.79. The Balaban J connectivity index is 1.45. The number of piperazine rings is 1. The van der Waals surface area contributed by atoms with Crippen LogP contribution in [-0.2, 0) is 11.2 Å². The average Bonchev–Trinajstić information content (AvgIpc) is 2.69. The van der Waals surface area contributed by atoms with Crippen molar-refractivity contribution in [2.24, 2.45) is 0 Å². The maximum atomic E-state index is 13.6. The second-order valence-corrected chi connectivity index (χ2v) is 6.83. The lowest BCUT2D eigenvalue weighted by Crippen LogP contribution is -2.51. The smallest absolute Gasteiger partial charge is 0.321 e. The van der Waals surface area contributed by atoms with Gasteiger partial charge in [0.15, 0.2) is 0 Å². The Bertz CT molecular complexity index is 805. The molecule has 0 spiro atoms. The number of carbonyl (C=O) groups is 2. The van der Waals surface area contributed by atoms with Gasteiger partial charge in [-0.05, 0) is 42.3 Å². The van der Waals surface area contributed by atoms with Gasteiger partial charge in [-0.1, -0.05) is 29.8 Å². The van der Waals surface area contributed by atoms with E-state index in [0.29, 0.717) is 48.9 Å². The Morgan fingerprint density at radius 1 is 0.963 bits per heavy atom. The van der Waals surface area contributed by atoms with Crippen molar-refractivity contribution in [2.45, 2.75) is 12.8 Å². The number of nitrogens with zero attached hydrogens (tertiary/aromatic N) is 2. The molecule has 1 aliphatic heterocycles. The van der Waals surface area contributed by atoms with Crippen molar-refractivity contribution >= 4 is 29.2 Å². The van der Waals surface area contributed by atoms with Crippen molar-refractivity contribution in [2.75, 3.05) is 31.5 Å². The van der Waals surface area contributed by atoms with Crippen LogP contribution in [-0.4, -0.2) is 47.9 Å². The molecule has 142 valence electrons. The molecular weight excluding hydrogens is 369 g/mol. The third-order valence-corrected chi connectivity index (χ3v) is 4.83. The van der Waals surface area contributed by atoms with E-state index >= 15 is 0 Å². The summed E-state index contributed by atoms with van der Waals surface area (Å²) in [5, 5.41) is 3.43. The van der Waals surface area contributed by atoms with Gasteiger partial charge >= 0.3 is 6.03 Å². The summed E-state index contributed by atoms with van der Waals surface area (Å²) in [5.74, 6) is -0.301. The van der Waals surface area contributed by atoms with Gasteiger partial charge < -0.3 is 15.1 Å². The number of carbonyl (C=O) groups excluding carboxylic acids is 2. The lowest BCUT2D eigenvalue weighted by atomic mass is 10.1. The molecule has 1 fully saturated rings. The zero-order valence-electron chi connectivity index (χ0n) is 14.8. The highest BCUT2D eigenvalue weighted by Gasteiger charge is 2.24. The van der Waals surface area contributed by atoms with Crippen molar-refractivity contribution in [3.05, 3.63) is 64.9 Å². The molecular formula is C20H21ClFN3O2. The molecule has 1 heterocycles. The second-order valence-electron chi connectivity index (χ2n) is 6.40. The van der Waals surface area contributed by atoms with Gasteiger partial charge in [-0.2, -0.15) is 0 Å². The number of rotatable bonds is 4. The molecule has 1 saturated heterocycles. The number of halogens is 2. The summed E-state index contributed by atoms with van der Waals surface area (Å²) in [4.78, 5) is 28.1. The largest absolute Gasteiger partial charge is 0.339 e. The van der Waals surface area contributed by atoms with Crippen molar-refractivity contribution < 1.29 is 14.0 Å². The van der Waals surface area contributed by atoms with Crippen molar-refractivity contribution in [3.8, 4) is 0 Å². The van der Waals surface area contributed by atoms with E-state index in [1.165, 1.54) is 6.07 Å².